The fourth-order valence-electron chi connectivity index (χ4n) is 2.40. The van der Waals surface area contributed by atoms with Crippen LogP contribution in [0.3, 0.4) is 0 Å². The van der Waals surface area contributed by atoms with E-state index in [0.29, 0.717) is 11.7 Å². The van der Waals surface area contributed by atoms with Crippen LogP contribution in [-0.2, 0) is 11.3 Å². The van der Waals surface area contributed by atoms with Gasteiger partial charge in [0.1, 0.15) is 5.75 Å². The average molecular weight is 368 g/mol. The van der Waals surface area contributed by atoms with Crippen molar-refractivity contribution in [3.63, 3.8) is 0 Å². The molecule has 0 fully saturated rings. The zero-order chi connectivity index (χ0) is 18.4. The summed E-state index contributed by atoms with van der Waals surface area (Å²) in [5.74, 6) is 6.88. The molecule has 26 heavy (non-hydrogen) atoms. The molecule has 6 nitrogen and oxygen atoms in total. The molecule has 0 radical (unpaired) electrons. The minimum absolute atomic E-state index is 0.0814. The van der Waals surface area contributed by atoms with Crippen LogP contribution in [0, 0.1) is 0 Å². The van der Waals surface area contributed by atoms with Crippen LogP contribution in [0.1, 0.15) is 5.56 Å². The lowest BCUT2D eigenvalue weighted by Gasteiger charge is -2.07. The number of nitrogens with one attached hydrogen (secondary N) is 1. The van der Waals surface area contributed by atoms with E-state index in [4.69, 9.17) is 10.6 Å². The molecule has 0 unspecified atom stereocenters. The molecule has 0 atom stereocenters. The van der Waals surface area contributed by atoms with Gasteiger partial charge in [-0.15, -0.1) is 0 Å². The van der Waals surface area contributed by atoms with Crippen LogP contribution in [0.15, 0.2) is 66.0 Å². The molecule has 0 saturated heterocycles. The van der Waals surface area contributed by atoms with E-state index in [1.807, 2.05) is 54.6 Å². The van der Waals surface area contributed by atoms with Crippen molar-refractivity contribution < 1.29 is 9.53 Å². The number of nitrogens with zero attached hydrogens (tertiary/aromatic N) is 2. The van der Waals surface area contributed by atoms with Gasteiger partial charge in [-0.1, -0.05) is 54.2 Å². The number of methoxy groups -OCH3 is 1. The second-order valence-corrected chi connectivity index (χ2v) is 6.54. The number of thioether (sulfide) groups is 1. The third kappa shape index (κ3) is 4.58. The number of hydrogen-bond donors (Lipinski definition) is 2. The molecule has 3 N–H and O–H groups in total. The number of nitrogen functional groups attached to an aromatic ring is 1. The van der Waals surface area contributed by atoms with Gasteiger partial charge in [0.25, 0.3) is 0 Å². The second-order valence-electron chi connectivity index (χ2n) is 5.60. The lowest BCUT2D eigenvalue weighted by atomic mass is 10.2. The summed E-state index contributed by atoms with van der Waals surface area (Å²) in [7, 11) is 1.62. The third-order valence-electron chi connectivity index (χ3n) is 3.72. The standard InChI is InChI=1S/C19H20N4O2S/c1-25-16-9-5-6-14(10-16)11-21-18(24)13-26-19-22-17(12-23(19)20)15-7-3-2-4-8-15/h2-10,12H,11,13,20H2,1H3,(H,21,24). The minimum atomic E-state index is -0.0814. The summed E-state index contributed by atoms with van der Waals surface area (Å²) in [6.45, 7) is 0.447. The Morgan fingerprint density at radius 1 is 1.23 bits per heavy atom. The molecule has 134 valence electrons. The number of benzene rings is 2. The molecule has 0 saturated carbocycles. The monoisotopic (exact) mass is 368 g/mol. The van der Waals surface area contributed by atoms with Crippen molar-refractivity contribution in [2.75, 3.05) is 18.7 Å². The molecular formula is C19H20N4O2S. The molecule has 1 aromatic heterocycles. The topological polar surface area (TPSA) is 82.2 Å². The van der Waals surface area contributed by atoms with Crippen LogP contribution in [0.5, 0.6) is 5.75 Å². The summed E-state index contributed by atoms with van der Waals surface area (Å²) >= 11 is 1.30. The molecule has 1 amide bonds. The Labute approximate surface area is 156 Å². The van der Waals surface area contributed by atoms with Gasteiger partial charge in [0.2, 0.25) is 5.91 Å². The van der Waals surface area contributed by atoms with E-state index >= 15 is 0 Å². The van der Waals surface area contributed by atoms with E-state index in [9.17, 15) is 4.79 Å². The Kier molecular flexibility index (Phi) is 5.80. The summed E-state index contributed by atoms with van der Waals surface area (Å²) in [4.78, 5) is 16.6. The Morgan fingerprint density at radius 3 is 2.81 bits per heavy atom. The summed E-state index contributed by atoms with van der Waals surface area (Å²) < 4.78 is 6.62. The lowest BCUT2D eigenvalue weighted by Crippen LogP contribution is -2.25. The first-order valence-electron chi connectivity index (χ1n) is 8.08. The number of aromatic nitrogens is 2. The number of carbonyl (C=O) groups excluding carboxylic acids is 1. The smallest absolute Gasteiger partial charge is 0.230 e. The third-order valence-corrected chi connectivity index (χ3v) is 4.69. The maximum absolute atomic E-state index is 12.1. The van der Waals surface area contributed by atoms with Crippen LogP contribution < -0.4 is 15.9 Å². The number of hydrogen-bond acceptors (Lipinski definition) is 5. The van der Waals surface area contributed by atoms with Crippen molar-refractivity contribution in [2.45, 2.75) is 11.7 Å². The van der Waals surface area contributed by atoms with Crippen molar-refractivity contribution >= 4 is 17.7 Å². The second kappa shape index (κ2) is 8.44. The molecule has 2 aromatic carbocycles. The molecule has 0 spiro atoms. The SMILES string of the molecule is COc1cccc(CNC(=O)CSc2nc(-c3ccccc3)cn2N)c1. The van der Waals surface area contributed by atoms with E-state index in [2.05, 4.69) is 10.3 Å². The first kappa shape index (κ1) is 17.9. The number of imidazole rings is 1. The highest BCUT2D eigenvalue weighted by molar-refractivity contribution is 7.99. The summed E-state index contributed by atoms with van der Waals surface area (Å²) in [5, 5.41) is 3.48. The van der Waals surface area contributed by atoms with Gasteiger partial charge in [0.05, 0.1) is 24.8 Å². The maximum Gasteiger partial charge on any atom is 0.230 e. The largest absolute Gasteiger partial charge is 0.497 e. The van der Waals surface area contributed by atoms with E-state index in [-0.39, 0.29) is 11.7 Å². The van der Waals surface area contributed by atoms with Gasteiger partial charge in [-0.25, -0.2) is 9.66 Å². The van der Waals surface area contributed by atoms with Crippen molar-refractivity contribution in [2.24, 2.45) is 0 Å². The van der Waals surface area contributed by atoms with Crippen molar-refractivity contribution in [1.29, 1.82) is 0 Å². The van der Waals surface area contributed by atoms with Gasteiger partial charge in [0.15, 0.2) is 5.16 Å². The van der Waals surface area contributed by atoms with Crippen molar-refractivity contribution in [1.82, 2.24) is 15.0 Å². The Hall–Kier alpha value is -2.93. The van der Waals surface area contributed by atoms with Crippen LogP contribution in [0.25, 0.3) is 11.3 Å². The minimum Gasteiger partial charge on any atom is -0.497 e. The average Bonchev–Trinajstić information content (AvgIpc) is 3.06. The van der Waals surface area contributed by atoms with E-state index < -0.39 is 0 Å². The van der Waals surface area contributed by atoms with E-state index in [1.165, 1.54) is 16.4 Å². The highest BCUT2D eigenvalue weighted by Crippen LogP contribution is 2.22. The van der Waals surface area contributed by atoms with Gasteiger partial charge >= 0.3 is 0 Å². The zero-order valence-electron chi connectivity index (χ0n) is 14.4. The van der Waals surface area contributed by atoms with E-state index in [1.54, 1.807) is 13.3 Å². The summed E-state index contributed by atoms with van der Waals surface area (Å²) in [6.07, 6.45) is 1.76. The van der Waals surface area contributed by atoms with Crippen LogP contribution in [-0.4, -0.2) is 28.4 Å². The molecule has 0 aliphatic rings. The molecule has 1 heterocycles. The number of amides is 1. The fourth-order valence-corrected chi connectivity index (χ4v) is 3.12. The Morgan fingerprint density at radius 2 is 2.04 bits per heavy atom. The molecule has 0 aliphatic heterocycles. The molecule has 3 aromatic rings. The Balaban J connectivity index is 1.54. The fraction of sp³-hybridized carbons (Fsp3) is 0.158. The van der Waals surface area contributed by atoms with Crippen LogP contribution in [0.2, 0.25) is 0 Å². The highest BCUT2D eigenvalue weighted by atomic mass is 32.2. The highest BCUT2D eigenvalue weighted by Gasteiger charge is 2.11. The van der Waals surface area contributed by atoms with Crippen LogP contribution >= 0.6 is 11.8 Å². The molecule has 0 aliphatic carbocycles. The molecule has 3 rings (SSSR count). The van der Waals surface area contributed by atoms with Gasteiger partial charge in [-0.3, -0.25) is 4.79 Å². The number of ether oxygens (including phenoxy) is 1. The predicted molar refractivity (Wildman–Crippen MR) is 103 cm³/mol. The zero-order valence-corrected chi connectivity index (χ0v) is 15.2. The van der Waals surface area contributed by atoms with Gasteiger partial charge in [-0.2, -0.15) is 0 Å². The van der Waals surface area contributed by atoms with Crippen LogP contribution in [0.4, 0.5) is 0 Å². The quantitative estimate of drug-likeness (QED) is 0.495. The van der Waals surface area contributed by atoms with E-state index in [0.717, 1.165) is 22.6 Å². The normalized spacial score (nSPS) is 10.5. The Bertz CT molecular complexity index is 880. The van der Waals surface area contributed by atoms with Gasteiger partial charge < -0.3 is 15.9 Å². The predicted octanol–water partition coefficient (Wildman–Crippen LogP) is 2.68. The van der Waals surface area contributed by atoms with Gasteiger partial charge in [0, 0.05) is 12.1 Å². The molecular weight excluding hydrogens is 348 g/mol. The lowest BCUT2D eigenvalue weighted by molar-refractivity contribution is -0.118. The summed E-state index contributed by atoms with van der Waals surface area (Å²) in [5.41, 5.74) is 2.75. The summed E-state index contributed by atoms with van der Waals surface area (Å²) in [6, 6.07) is 17.4. The van der Waals surface area contributed by atoms with Gasteiger partial charge in [-0.05, 0) is 17.7 Å². The molecule has 7 heteroatoms. The number of nitrogens with two attached hydrogens (primary N) is 1. The first-order chi connectivity index (χ1) is 12.7. The first-order valence-corrected chi connectivity index (χ1v) is 9.06. The number of rotatable bonds is 7. The van der Waals surface area contributed by atoms with Crippen molar-refractivity contribution in [3.05, 3.63) is 66.4 Å². The molecule has 0 bridgehead atoms. The maximum atomic E-state index is 12.1. The van der Waals surface area contributed by atoms with Crippen molar-refractivity contribution in [3.8, 4) is 17.0 Å². The number of carbonyl (C=O) groups is 1.